The highest BCUT2D eigenvalue weighted by Gasteiger charge is 2.06. The van der Waals surface area contributed by atoms with E-state index in [2.05, 4.69) is 58.0 Å². The molecule has 1 heterocycles. The predicted molar refractivity (Wildman–Crippen MR) is 68.4 cm³/mol. The lowest BCUT2D eigenvalue weighted by Crippen LogP contribution is -1.77. The molecule has 2 nitrogen and oxygen atoms in total. The standard InChI is InChI=1S/C8H3Br3N2S/c9-5-1-4(2-6(10)3-5)7-12-13-8(11)14-7/h1-3H. The summed E-state index contributed by atoms with van der Waals surface area (Å²) in [6.07, 6.45) is 0. The van der Waals surface area contributed by atoms with E-state index in [1.807, 2.05) is 18.2 Å². The van der Waals surface area contributed by atoms with Gasteiger partial charge in [-0.1, -0.05) is 43.2 Å². The Hall–Kier alpha value is 0.220. The molecule has 14 heavy (non-hydrogen) atoms. The summed E-state index contributed by atoms with van der Waals surface area (Å²) in [7, 11) is 0. The predicted octanol–water partition coefficient (Wildman–Crippen LogP) is 4.49. The van der Waals surface area contributed by atoms with E-state index in [-0.39, 0.29) is 0 Å². The molecule has 2 aromatic rings. The Morgan fingerprint density at radius 2 is 1.57 bits per heavy atom. The molecule has 0 saturated carbocycles. The van der Waals surface area contributed by atoms with Crippen molar-refractivity contribution >= 4 is 59.1 Å². The number of benzene rings is 1. The van der Waals surface area contributed by atoms with Gasteiger partial charge in [0.1, 0.15) is 5.01 Å². The van der Waals surface area contributed by atoms with Crippen LogP contribution in [0, 0.1) is 0 Å². The Bertz CT molecular complexity index is 449. The highest BCUT2D eigenvalue weighted by Crippen LogP contribution is 2.30. The van der Waals surface area contributed by atoms with E-state index in [9.17, 15) is 0 Å². The first-order valence-electron chi connectivity index (χ1n) is 3.60. The molecule has 0 bridgehead atoms. The lowest BCUT2D eigenvalue weighted by Gasteiger charge is -1.97. The normalized spacial score (nSPS) is 10.5. The molecule has 0 radical (unpaired) electrons. The molecule has 0 atom stereocenters. The maximum absolute atomic E-state index is 4.05. The fourth-order valence-electron chi connectivity index (χ4n) is 0.999. The van der Waals surface area contributed by atoms with E-state index in [4.69, 9.17) is 0 Å². The summed E-state index contributed by atoms with van der Waals surface area (Å²) in [5.74, 6) is 0. The largest absolute Gasteiger partial charge is 0.183 e. The molecule has 0 amide bonds. The lowest BCUT2D eigenvalue weighted by molar-refractivity contribution is 1.07. The second-order valence-corrected chi connectivity index (χ2v) is 6.60. The minimum absolute atomic E-state index is 0.795. The van der Waals surface area contributed by atoms with Crippen molar-refractivity contribution in [3.05, 3.63) is 31.1 Å². The van der Waals surface area contributed by atoms with Crippen molar-refractivity contribution in [3.63, 3.8) is 0 Å². The van der Waals surface area contributed by atoms with Crippen LogP contribution in [0.3, 0.4) is 0 Å². The average Bonchev–Trinajstić information content (AvgIpc) is 2.50. The quantitative estimate of drug-likeness (QED) is 0.707. The summed E-state index contributed by atoms with van der Waals surface area (Å²) in [6.45, 7) is 0. The second-order valence-electron chi connectivity index (χ2n) is 2.52. The van der Waals surface area contributed by atoms with E-state index >= 15 is 0 Å². The first-order chi connectivity index (χ1) is 6.65. The Labute approximate surface area is 110 Å². The number of nitrogens with zero attached hydrogens (tertiary/aromatic N) is 2. The third-order valence-electron chi connectivity index (χ3n) is 1.51. The first-order valence-corrected chi connectivity index (χ1v) is 6.80. The first kappa shape index (κ1) is 10.7. The molecule has 1 aromatic carbocycles. The Morgan fingerprint density at radius 3 is 2.07 bits per heavy atom. The number of hydrogen-bond acceptors (Lipinski definition) is 3. The van der Waals surface area contributed by atoms with E-state index in [0.717, 1.165) is 23.4 Å². The number of aromatic nitrogens is 2. The molecular weight excluding hydrogens is 396 g/mol. The zero-order valence-corrected chi connectivity index (χ0v) is 12.2. The van der Waals surface area contributed by atoms with Crippen molar-refractivity contribution in [2.24, 2.45) is 0 Å². The van der Waals surface area contributed by atoms with Crippen molar-refractivity contribution in [2.45, 2.75) is 0 Å². The highest BCUT2D eigenvalue weighted by atomic mass is 79.9. The number of rotatable bonds is 1. The monoisotopic (exact) mass is 396 g/mol. The molecule has 0 unspecified atom stereocenters. The van der Waals surface area contributed by atoms with E-state index in [1.54, 1.807) is 0 Å². The Balaban J connectivity index is 2.51. The van der Waals surface area contributed by atoms with Crippen molar-refractivity contribution in [1.29, 1.82) is 0 Å². The molecule has 2 rings (SSSR count). The van der Waals surface area contributed by atoms with Crippen molar-refractivity contribution in [1.82, 2.24) is 10.2 Å². The zero-order valence-electron chi connectivity index (χ0n) is 6.67. The highest BCUT2D eigenvalue weighted by molar-refractivity contribution is 9.11. The summed E-state index contributed by atoms with van der Waals surface area (Å²) in [6, 6.07) is 6.01. The lowest BCUT2D eigenvalue weighted by atomic mass is 10.2. The summed E-state index contributed by atoms with van der Waals surface area (Å²) in [5.41, 5.74) is 1.05. The van der Waals surface area contributed by atoms with Gasteiger partial charge in [-0.25, -0.2) is 0 Å². The Morgan fingerprint density at radius 1 is 0.929 bits per heavy atom. The molecule has 0 fully saturated rings. The smallest absolute Gasteiger partial charge is 0.137 e. The Kier molecular flexibility index (Phi) is 3.36. The molecular formula is C8H3Br3N2S. The van der Waals surface area contributed by atoms with Crippen molar-refractivity contribution < 1.29 is 0 Å². The molecule has 6 heteroatoms. The van der Waals surface area contributed by atoms with E-state index in [1.165, 1.54) is 11.3 Å². The number of hydrogen-bond donors (Lipinski definition) is 0. The van der Waals surface area contributed by atoms with Crippen LogP contribution >= 0.6 is 59.1 Å². The van der Waals surface area contributed by atoms with Crippen LogP contribution in [0.4, 0.5) is 0 Å². The average molecular weight is 399 g/mol. The van der Waals surface area contributed by atoms with Crippen LogP contribution < -0.4 is 0 Å². The maximum Gasteiger partial charge on any atom is 0.183 e. The molecule has 0 spiro atoms. The van der Waals surface area contributed by atoms with Gasteiger partial charge in [0.05, 0.1) is 0 Å². The minimum Gasteiger partial charge on any atom is -0.137 e. The third kappa shape index (κ3) is 2.42. The van der Waals surface area contributed by atoms with Gasteiger partial charge in [-0.3, -0.25) is 0 Å². The van der Waals surface area contributed by atoms with Gasteiger partial charge in [0, 0.05) is 14.5 Å². The van der Waals surface area contributed by atoms with Crippen LogP contribution in [0.5, 0.6) is 0 Å². The SMILES string of the molecule is Brc1cc(Br)cc(-c2nnc(Br)s2)c1. The van der Waals surface area contributed by atoms with Crippen LogP contribution in [0.25, 0.3) is 10.6 Å². The summed E-state index contributed by atoms with van der Waals surface area (Å²) < 4.78 is 2.84. The van der Waals surface area contributed by atoms with Crippen molar-refractivity contribution in [3.8, 4) is 10.6 Å². The van der Waals surface area contributed by atoms with Gasteiger partial charge in [0.15, 0.2) is 3.92 Å². The molecule has 0 aliphatic heterocycles. The zero-order chi connectivity index (χ0) is 10.1. The molecule has 1 aromatic heterocycles. The number of halogens is 3. The topological polar surface area (TPSA) is 25.8 Å². The molecule has 0 aliphatic rings. The van der Waals surface area contributed by atoms with Gasteiger partial charge in [0.2, 0.25) is 0 Å². The van der Waals surface area contributed by atoms with Gasteiger partial charge in [0.25, 0.3) is 0 Å². The van der Waals surface area contributed by atoms with E-state index < -0.39 is 0 Å². The summed E-state index contributed by atoms with van der Waals surface area (Å²) in [4.78, 5) is 0. The maximum atomic E-state index is 4.05. The van der Waals surface area contributed by atoms with Crippen LogP contribution in [0.2, 0.25) is 0 Å². The molecule has 0 N–H and O–H groups in total. The summed E-state index contributed by atoms with van der Waals surface area (Å²) in [5, 5.41) is 8.86. The fraction of sp³-hybridized carbons (Fsp3) is 0. The van der Waals surface area contributed by atoms with Gasteiger partial charge < -0.3 is 0 Å². The van der Waals surface area contributed by atoms with Crippen LogP contribution in [-0.2, 0) is 0 Å². The van der Waals surface area contributed by atoms with Gasteiger partial charge in [-0.15, -0.1) is 10.2 Å². The van der Waals surface area contributed by atoms with Gasteiger partial charge in [-0.2, -0.15) is 0 Å². The third-order valence-corrected chi connectivity index (χ3v) is 3.83. The molecule has 0 aliphatic carbocycles. The fourth-order valence-corrected chi connectivity index (χ4v) is 3.39. The summed E-state index contributed by atoms with van der Waals surface area (Å²) >= 11 is 11.7. The van der Waals surface area contributed by atoms with Crippen LogP contribution in [-0.4, -0.2) is 10.2 Å². The molecule has 0 saturated heterocycles. The van der Waals surface area contributed by atoms with E-state index in [0.29, 0.717) is 0 Å². The minimum atomic E-state index is 0.795. The van der Waals surface area contributed by atoms with Crippen LogP contribution in [0.1, 0.15) is 0 Å². The van der Waals surface area contributed by atoms with Gasteiger partial charge in [-0.05, 0) is 34.1 Å². The van der Waals surface area contributed by atoms with Crippen molar-refractivity contribution in [2.75, 3.05) is 0 Å². The molecule has 72 valence electrons. The van der Waals surface area contributed by atoms with Crippen LogP contribution in [0.15, 0.2) is 31.1 Å². The van der Waals surface area contributed by atoms with Gasteiger partial charge >= 0.3 is 0 Å². The second kappa shape index (κ2) is 4.38.